The zero-order chi connectivity index (χ0) is 17.2. The second kappa shape index (κ2) is 7.40. The number of fused-ring (bicyclic) bond motifs is 2. The van der Waals surface area contributed by atoms with E-state index in [1.165, 1.54) is 12.8 Å². The predicted octanol–water partition coefficient (Wildman–Crippen LogP) is 0.707. The van der Waals surface area contributed by atoms with Gasteiger partial charge < -0.3 is 16.0 Å². The molecule has 24 heavy (non-hydrogen) atoms. The maximum absolute atomic E-state index is 12.0. The highest BCUT2D eigenvalue weighted by Gasteiger charge is 2.52. The largest absolute Gasteiger partial charge is 0.368 e. The third kappa shape index (κ3) is 3.45. The van der Waals surface area contributed by atoms with Crippen LogP contribution in [0.5, 0.6) is 0 Å². The third-order valence-electron chi connectivity index (χ3n) is 6.39. The minimum absolute atomic E-state index is 0.130. The number of likely N-dealkylation sites (tertiary alicyclic amines) is 1. The molecule has 3 rings (SSSR count). The molecule has 3 saturated heterocycles. The van der Waals surface area contributed by atoms with Crippen LogP contribution in [0.1, 0.15) is 51.9 Å². The Morgan fingerprint density at radius 1 is 1.21 bits per heavy atom. The quantitative estimate of drug-likeness (QED) is 0.700. The van der Waals surface area contributed by atoms with Crippen LogP contribution in [0, 0.1) is 5.92 Å². The molecule has 0 aliphatic carbocycles. The van der Waals surface area contributed by atoms with Gasteiger partial charge in [0.1, 0.15) is 5.54 Å². The van der Waals surface area contributed by atoms with Crippen molar-refractivity contribution in [3.05, 3.63) is 0 Å². The minimum Gasteiger partial charge on any atom is -0.368 e. The van der Waals surface area contributed by atoms with Gasteiger partial charge in [-0.2, -0.15) is 0 Å². The first kappa shape index (κ1) is 17.7. The number of hydrogen-bond donors (Lipinski definition) is 2. The van der Waals surface area contributed by atoms with Gasteiger partial charge in [0.15, 0.2) is 0 Å². The summed E-state index contributed by atoms with van der Waals surface area (Å²) < 4.78 is 0. The van der Waals surface area contributed by atoms with E-state index in [9.17, 15) is 9.59 Å². The Labute approximate surface area is 145 Å². The van der Waals surface area contributed by atoms with Crippen LogP contribution < -0.4 is 11.1 Å². The summed E-state index contributed by atoms with van der Waals surface area (Å²) in [4.78, 5) is 27.9. The second-order valence-electron chi connectivity index (χ2n) is 7.85. The Morgan fingerprint density at radius 2 is 2.04 bits per heavy atom. The Bertz CT molecular complexity index is 480. The molecule has 3 fully saturated rings. The van der Waals surface area contributed by atoms with Crippen LogP contribution in [0.25, 0.3) is 0 Å². The summed E-state index contributed by atoms with van der Waals surface area (Å²) in [7, 11) is 0. The average molecular weight is 336 g/mol. The monoisotopic (exact) mass is 336 g/mol. The lowest BCUT2D eigenvalue weighted by atomic mass is 9.87. The van der Waals surface area contributed by atoms with E-state index in [2.05, 4.69) is 10.2 Å². The molecule has 0 aromatic carbocycles. The molecule has 0 saturated carbocycles. The molecule has 3 aliphatic rings. The van der Waals surface area contributed by atoms with E-state index < -0.39 is 0 Å². The molecular formula is C18H32N4O2. The molecule has 0 spiro atoms. The number of nitrogens with two attached hydrogens (primary N) is 1. The predicted molar refractivity (Wildman–Crippen MR) is 93.4 cm³/mol. The van der Waals surface area contributed by atoms with Crippen LogP contribution in [0.4, 0.5) is 0 Å². The standard InChI is InChI=1S/C18H32N4O2/c1-14(23)21-10-3-4-15(13-21)12-20-9-11-22-16-5-2-7-18(22,8-6-16)17(19)24/h15-16,20H,2-13H2,1H3,(H2,19,24)/t15?,16-,18+/m1/s1. The van der Waals surface area contributed by atoms with Crippen LogP contribution in [0.3, 0.4) is 0 Å². The third-order valence-corrected chi connectivity index (χ3v) is 6.39. The normalized spacial score (nSPS) is 33.6. The first-order chi connectivity index (χ1) is 11.5. The zero-order valence-electron chi connectivity index (χ0n) is 14.9. The van der Waals surface area contributed by atoms with Gasteiger partial charge in [-0.3, -0.25) is 14.5 Å². The van der Waals surface area contributed by atoms with E-state index in [0.29, 0.717) is 12.0 Å². The molecule has 136 valence electrons. The molecular weight excluding hydrogens is 304 g/mol. The van der Waals surface area contributed by atoms with E-state index in [4.69, 9.17) is 5.73 Å². The maximum Gasteiger partial charge on any atom is 0.237 e. The summed E-state index contributed by atoms with van der Waals surface area (Å²) in [5, 5.41) is 3.56. The number of carbonyl (C=O) groups is 2. The van der Waals surface area contributed by atoms with Crippen LogP contribution in [-0.2, 0) is 9.59 Å². The zero-order valence-corrected chi connectivity index (χ0v) is 14.9. The number of piperidine rings is 2. The molecule has 0 aromatic heterocycles. The van der Waals surface area contributed by atoms with Crippen molar-refractivity contribution in [1.29, 1.82) is 0 Å². The summed E-state index contributed by atoms with van der Waals surface area (Å²) in [6.07, 6.45) is 7.59. The summed E-state index contributed by atoms with van der Waals surface area (Å²) in [6, 6.07) is 0.538. The van der Waals surface area contributed by atoms with Gasteiger partial charge in [0.2, 0.25) is 11.8 Å². The fourth-order valence-electron chi connectivity index (χ4n) is 5.06. The SMILES string of the molecule is CC(=O)N1CCCC(CNCCN2[C@@H]3CCC[C@@]2(C(N)=O)CC3)C1. The Morgan fingerprint density at radius 3 is 2.79 bits per heavy atom. The topological polar surface area (TPSA) is 78.7 Å². The molecule has 2 amide bonds. The smallest absolute Gasteiger partial charge is 0.237 e. The Kier molecular flexibility index (Phi) is 5.45. The highest BCUT2D eigenvalue weighted by atomic mass is 16.2. The summed E-state index contributed by atoms with van der Waals surface area (Å²) in [5.74, 6) is 0.605. The molecule has 3 N–H and O–H groups in total. The number of primary amides is 1. The van der Waals surface area contributed by atoms with Gasteiger partial charge in [0, 0.05) is 39.1 Å². The minimum atomic E-state index is -0.374. The molecule has 3 atom stereocenters. The fourth-order valence-corrected chi connectivity index (χ4v) is 5.06. The molecule has 1 unspecified atom stereocenters. The molecule has 3 aliphatic heterocycles. The van der Waals surface area contributed by atoms with Crippen molar-refractivity contribution in [3.8, 4) is 0 Å². The number of rotatable bonds is 6. The lowest BCUT2D eigenvalue weighted by Crippen LogP contribution is -2.59. The van der Waals surface area contributed by atoms with Crippen molar-refractivity contribution in [2.24, 2.45) is 11.7 Å². The molecule has 3 heterocycles. The van der Waals surface area contributed by atoms with Gasteiger partial charge >= 0.3 is 0 Å². The summed E-state index contributed by atoms with van der Waals surface area (Å²) >= 11 is 0. The van der Waals surface area contributed by atoms with Crippen molar-refractivity contribution in [2.45, 2.75) is 63.5 Å². The van der Waals surface area contributed by atoms with Crippen LogP contribution >= 0.6 is 0 Å². The number of nitrogens with one attached hydrogen (secondary N) is 1. The molecule has 2 bridgehead atoms. The summed E-state index contributed by atoms with van der Waals surface area (Å²) in [5.41, 5.74) is 5.38. The molecule has 0 aromatic rings. The van der Waals surface area contributed by atoms with Gasteiger partial charge in [0.25, 0.3) is 0 Å². The first-order valence-electron chi connectivity index (χ1n) is 9.56. The Balaban J connectivity index is 1.45. The van der Waals surface area contributed by atoms with Crippen LogP contribution in [0.15, 0.2) is 0 Å². The number of hydrogen-bond acceptors (Lipinski definition) is 4. The lowest BCUT2D eigenvalue weighted by molar-refractivity contribution is -0.131. The van der Waals surface area contributed by atoms with E-state index in [0.717, 1.165) is 64.8 Å². The lowest BCUT2D eigenvalue weighted by Gasteiger charge is -2.42. The van der Waals surface area contributed by atoms with Crippen molar-refractivity contribution in [1.82, 2.24) is 15.1 Å². The van der Waals surface area contributed by atoms with Crippen molar-refractivity contribution in [3.63, 3.8) is 0 Å². The van der Waals surface area contributed by atoms with E-state index in [-0.39, 0.29) is 17.4 Å². The molecule has 6 nitrogen and oxygen atoms in total. The number of nitrogens with zero attached hydrogens (tertiary/aromatic N) is 2. The second-order valence-corrected chi connectivity index (χ2v) is 7.85. The van der Waals surface area contributed by atoms with E-state index in [1.54, 1.807) is 6.92 Å². The highest BCUT2D eigenvalue weighted by Crippen LogP contribution is 2.43. The van der Waals surface area contributed by atoms with E-state index >= 15 is 0 Å². The van der Waals surface area contributed by atoms with Crippen LogP contribution in [0.2, 0.25) is 0 Å². The molecule has 6 heteroatoms. The van der Waals surface area contributed by atoms with Gasteiger partial charge in [-0.25, -0.2) is 0 Å². The van der Waals surface area contributed by atoms with Crippen molar-refractivity contribution >= 4 is 11.8 Å². The first-order valence-corrected chi connectivity index (χ1v) is 9.56. The van der Waals surface area contributed by atoms with Gasteiger partial charge in [-0.1, -0.05) is 0 Å². The van der Waals surface area contributed by atoms with Crippen molar-refractivity contribution < 1.29 is 9.59 Å². The maximum atomic E-state index is 12.0. The van der Waals surface area contributed by atoms with Gasteiger partial charge in [0.05, 0.1) is 0 Å². The molecule has 0 radical (unpaired) electrons. The van der Waals surface area contributed by atoms with Gasteiger partial charge in [-0.15, -0.1) is 0 Å². The van der Waals surface area contributed by atoms with Gasteiger partial charge in [-0.05, 0) is 57.4 Å². The Hall–Kier alpha value is -1.14. The van der Waals surface area contributed by atoms with Crippen LogP contribution in [-0.4, -0.2) is 65.9 Å². The highest BCUT2D eigenvalue weighted by molar-refractivity contribution is 5.85. The summed E-state index contributed by atoms with van der Waals surface area (Å²) in [6.45, 7) is 6.18. The van der Waals surface area contributed by atoms with Crippen molar-refractivity contribution in [2.75, 3.05) is 32.7 Å². The number of carbonyl (C=O) groups excluding carboxylic acids is 2. The number of amides is 2. The van der Waals surface area contributed by atoms with E-state index in [1.807, 2.05) is 4.90 Å². The fraction of sp³-hybridized carbons (Fsp3) is 0.889. The average Bonchev–Trinajstić information content (AvgIpc) is 2.77.